The number of hydrogen-bond donors (Lipinski definition) is 2. The van der Waals surface area contributed by atoms with Crippen LogP contribution in [0.1, 0.15) is 118 Å². The monoisotopic (exact) mass is 641 g/mol. The van der Waals surface area contributed by atoms with E-state index in [4.69, 9.17) is 14.2 Å². The Morgan fingerprint density at radius 2 is 1.72 bits per heavy atom. The molecule has 0 aromatic carbocycles. The molecule has 8 fully saturated rings. The van der Waals surface area contributed by atoms with Crippen LogP contribution in [0.2, 0.25) is 0 Å². The van der Waals surface area contributed by atoms with Crippen LogP contribution in [0.4, 0.5) is 0 Å². The second kappa shape index (κ2) is 10.6. The highest BCUT2D eigenvalue weighted by Crippen LogP contribution is 2.89. The van der Waals surface area contributed by atoms with Gasteiger partial charge in [0, 0.05) is 24.8 Å². The summed E-state index contributed by atoms with van der Waals surface area (Å²) in [5.41, 5.74) is 0.398. The highest BCUT2D eigenvalue weighted by molar-refractivity contribution is 5.76. The summed E-state index contributed by atoms with van der Waals surface area (Å²) in [6, 6.07) is 0. The second-order valence-electron chi connectivity index (χ2n) is 18.5. The lowest BCUT2D eigenvalue weighted by atomic mass is 9.41. The number of morpholine rings is 1. The number of aliphatic carboxylic acids is 1. The zero-order valence-electron chi connectivity index (χ0n) is 29.0. The minimum atomic E-state index is -0.772. The molecule has 8 aliphatic rings. The number of carboxylic acid groups (broad SMARTS) is 1. The average Bonchev–Trinajstić information content (AvgIpc) is 3.93. The van der Waals surface area contributed by atoms with E-state index in [1.54, 1.807) is 0 Å². The van der Waals surface area contributed by atoms with Crippen LogP contribution >= 0.6 is 0 Å². The van der Waals surface area contributed by atoms with Crippen molar-refractivity contribution in [2.24, 2.45) is 56.7 Å². The van der Waals surface area contributed by atoms with Crippen LogP contribution in [-0.2, 0) is 23.8 Å². The number of carboxylic acids is 1. The van der Waals surface area contributed by atoms with Gasteiger partial charge in [-0.25, -0.2) is 0 Å². The summed E-state index contributed by atoms with van der Waals surface area (Å²) in [6.45, 7) is 13.9. The second-order valence-corrected chi connectivity index (χ2v) is 18.5. The Morgan fingerprint density at radius 1 is 0.978 bits per heavy atom. The number of amides is 1. The lowest BCUT2D eigenvalue weighted by Crippen LogP contribution is -2.60. The van der Waals surface area contributed by atoms with Gasteiger partial charge in [0.2, 0.25) is 5.91 Å². The van der Waals surface area contributed by atoms with Crippen molar-refractivity contribution >= 4 is 11.9 Å². The first-order chi connectivity index (χ1) is 21.8. The zero-order chi connectivity index (χ0) is 32.4. The van der Waals surface area contributed by atoms with E-state index in [2.05, 4.69) is 34.6 Å². The van der Waals surface area contributed by atoms with E-state index in [-0.39, 0.29) is 58.6 Å². The molecule has 2 saturated heterocycles. The summed E-state index contributed by atoms with van der Waals surface area (Å²) >= 11 is 0. The fourth-order valence-electron chi connectivity index (χ4n) is 13.9. The quantitative estimate of drug-likeness (QED) is 0.350. The lowest BCUT2D eigenvalue weighted by Gasteiger charge is -2.64. The molecule has 1 amide bonds. The molecule has 6 saturated carbocycles. The van der Waals surface area contributed by atoms with E-state index in [9.17, 15) is 19.8 Å². The normalized spacial score (nSPS) is 52.0. The fraction of sp³-hybridized carbons (Fsp3) is 0.947. The number of fused-ring (bicyclic) bond motifs is 4. The lowest BCUT2D eigenvalue weighted by molar-refractivity contribution is -0.248. The van der Waals surface area contributed by atoms with Gasteiger partial charge >= 0.3 is 5.97 Å². The molecule has 0 aromatic heterocycles. The third-order valence-corrected chi connectivity index (χ3v) is 16.4. The minimum absolute atomic E-state index is 0.00923. The van der Waals surface area contributed by atoms with Crippen molar-refractivity contribution in [2.45, 2.75) is 149 Å². The Morgan fingerprint density at radius 3 is 2.46 bits per heavy atom. The van der Waals surface area contributed by atoms with Gasteiger partial charge in [-0.05, 0) is 122 Å². The molecule has 2 spiro atoms. The molecular weight excluding hydrogens is 582 g/mol. The van der Waals surface area contributed by atoms with Gasteiger partial charge < -0.3 is 29.3 Å². The van der Waals surface area contributed by atoms with Crippen molar-refractivity contribution in [3.05, 3.63) is 0 Å². The highest BCUT2D eigenvalue weighted by Gasteiger charge is 2.84. The van der Waals surface area contributed by atoms with Crippen molar-refractivity contribution in [3.8, 4) is 0 Å². The third kappa shape index (κ3) is 4.37. The van der Waals surface area contributed by atoms with Gasteiger partial charge in [-0.15, -0.1) is 0 Å². The SMILES string of the molecule is C[C@@H]1CC(CCC(=O)O)OC2C1[C@@]1(C)CCC34C[C@@]35CC[C@H](OC3CN(C(=O)CC6CC6)CCO3)C(C)(C)[C@@H]5CC[C@H]4[C@]1(C)[C@H]2O. The number of hydrogen-bond acceptors (Lipinski definition) is 6. The molecule has 0 bridgehead atoms. The fourth-order valence-corrected chi connectivity index (χ4v) is 13.9. The maximum Gasteiger partial charge on any atom is 0.303 e. The summed E-state index contributed by atoms with van der Waals surface area (Å²) < 4.78 is 19.6. The topological polar surface area (TPSA) is 106 Å². The Kier molecular flexibility index (Phi) is 7.40. The molecule has 258 valence electrons. The largest absolute Gasteiger partial charge is 0.481 e. The van der Waals surface area contributed by atoms with Crippen molar-refractivity contribution in [1.82, 2.24) is 4.90 Å². The summed E-state index contributed by atoms with van der Waals surface area (Å²) in [6.07, 6.45) is 11.8. The summed E-state index contributed by atoms with van der Waals surface area (Å²) in [5, 5.41) is 21.7. The van der Waals surface area contributed by atoms with Gasteiger partial charge in [-0.2, -0.15) is 0 Å². The Labute approximate surface area is 275 Å². The number of carbonyl (C=O) groups is 2. The molecule has 6 aliphatic carbocycles. The molecule has 0 radical (unpaired) electrons. The highest BCUT2D eigenvalue weighted by atomic mass is 16.7. The molecule has 13 atom stereocenters. The molecule has 0 aromatic rings. The van der Waals surface area contributed by atoms with E-state index in [1.807, 2.05) is 4.90 Å². The van der Waals surface area contributed by atoms with Crippen molar-refractivity contribution in [2.75, 3.05) is 19.7 Å². The number of carbonyl (C=O) groups excluding carboxylic acids is 1. The van der Waals surface area contributed by atoms with Crippen LogP contribution in [0.15, 0.2) is 0 Å². The summed E-state index contributed by atoms with van der Waals surface area (Å²) in [7, 11) is 0. The van der Waals surface area contributed by atoms with Crippen LogP contribution in [0.25, 0.3) is 0 Å². The molecule has 2 aliphatic heterocycles. The molecule has 8 nitrogen and oxygen atoms in total. The first kappa shape index (κ1) is 32.0. The Balaban J connectivity index is 0.995. The van der Waals surface area contributed by atoms with Crippen molar-refractivity contribution in [1.29, 1.82) is 0 Å². The van der Waals surface area contributed by atoms with Gasteiger partial charge in [0.1, 0.15) is 0 Å². The first-order valence-corrected chi connectivity index (χ1v) is 18.9. The molecule has 8 rings (SSSR count). The van der Waals surface area contributed by atoms with Crippen LogP contribution in [0.3, 0.4) is 0 Å². The van der Waals surface area contributed by atoms with E-state index in [0.29, 0.717) is 67.5 Å². The van der Waals surface area contributed by atoms with E-state index >= 15 is 0 Å². The first-order valence-electron chi connectivity index (χ1n) is 18.9. The molecule has 5 unspecified atom stereocenters. The van der Waals surface area contributed by atoms with E-state index < -0.39 is 12.1 Å². The zero-order valence-corrected chi connectivity index (χ0v) is 29.0. The smallest absolute Gasteiger partial charge is 0.303 e. The Hall–Kier alpha value is -1.22. The predicted molar refractivity (Wildman–Crippen MR) is 172 cm³/mol. The number of nitrogens with zero attached hydrogens (tertiary/aromatic N) is 1. The van der Waals surface area contributed by atoms with Crippen LogP contribution in [-0.4, -0.2) is 77.4 Å². The van der Waals surface area contributed by atoms with Gasteiger partial charge in [0.15, 0.2) is 6.29 Å². The number of rotatable bonds is 7. The number of aliphatic hydroxyl groups excluding tert-OH is 1. The van der Waals surface area contributed by atoms with Crippen LogP contribution in [0.5, 0.6) is 0 Å². The molecule has 2 heterocycles. The molecular formula is C38H59NO7. The summed E-state index contributed by atoms with van der Waals surface area (Å²) in [4.78, 5) is 26.2. The van der Waals surface area contributed by atoms with Gasteiger partial charge in [-0.3, -0.25) is 9.59 Å². The van der Waals surface area contributed by atoms with E-state index in [1.165, 1.54) is 38.5 Å². The van der Waals surface area contributed by atoms with E-state index in [0.717, 1.165) is 25.7 Å². The number of aliphatic hydroxyl groups is 1. The molecule has 2 N–H and O–H groups in total. The number of ether oxygens (including phenoxy) is 3. The van der Waals surface area contributed by atoms with Gasteiger partial charge in [0.25, 0.3) is 0 Å². The van der Waals surface area contributed by atoms with Crippen LogP contribution in [0, 0.1) is 56.7 Å². The predicted octanol–water partition coefficient (Wildman–Crippen LogP) is 6.03. The third-order valence-electron chi connectivity index (χ3n) is 16.4. The van der Waals surface area contributed by atoms with Gasteiger partial charge in [0.05, 0.1) is 37.6 Å². The minimum Gasteiger partial charge on any atom is -0.481 e. The summed E-state index contributed by atoms with van der Waals surface area (Å²) in [5.74, 6) is 1.86. The van der Waals surface area contributed by atoms with Gasteiger partial charge in [-0.1, -0.05) is 34.6 Å². The Bertz CT molecular complexity index is 1250. The standard InChI is InChI=1S/C38H59NO7/c1-22-18-24(8-11-29(41)42)45-32-31(22)35(4)14-15-38-21-37(38)13-12-27(34(2,3)25(37)9-10-26(38)36(35,5)33(32)43)46-30-20-39(16-17-44-30)28(40)19-23-6-7-23/h22-27,30-33,43H,6-21H2,1-5H3,(H,41,42)/t22-,24?,25+,26+,27+,30?,31?,32?,33+,35-,36-,37-,38?/m1/s1. The van der Waals surface area contributed by atoms with Crippen molar-refractivity contribution < 1.29 is 34.0 Å². The molecule has 8 heteroatoms. The van der Waals surface area contributed by atoms with Crippen LogP contribution < -0.4 is 0 Å². The molecule has 46 heavy (non-hydrogen) atoms. The average molecular weight is 642 g/mol. The maximum atomic E-state index is 12.9. The van der Waals surface area contributed by atoms with Crippen molar-refractivity contribution in [3.63, 3.8) is 0 Å². The maximum absolute atomic E-state index is 12.9.